The number of rotatable bonds is 7. The zero-order valence-electron chi connectivity index (χ0n) is 10.1. The molecule has 1 atom stereocenters. The Morgan fingerprint density at radius 1 is 1.41 bits per heavy atom. The van der Waals surface area contributed by atoms with Crippen LogP contribution in [0.3, 0.4) is 0 Å². The number of hydrogen-bond acceptors (Lipinski definition) is 5. The van der Waals surface area contributed by atoms with Crippen LogP contribution in [0.15, 0.2) is 18.2 Å². The molecule has 0 fully saturated rings. The van der Waals surface area contributed by atoms with E-state index in [0.29, 0.717) is 12.3 Å². The molecule has 5 heteroatoms. The summed E-state index contributed by atoms with van der Waals surface area (Å²) in [6, 6.07) is 5.45. The topological polar surface area (TPSA) is 71.0 Å². The summed E-state index contributed by atoms with van der Waals surface area (Å²) in [4.78, 5) is 0. The lowest BCUT2D eigenvalue weighted by atomic mass is 10.2. The van der Waals surface area contributed by atoms with Crippen molar-refractivity contribution in [2.75, 3.05) is 27.4 Å². The SMILES string of the molecule is CNCc1cc(OC)ccc1OCC(O)CO. The zero-order valence-corrected chi connectivity index (χ0v) is 10.1. The molecule has 0 saturated heterocycles. The first kappa shape index (κ1) is 13.8. The lowest BCUT2D eigenvalue weighted by Gasteiger charge is -2.14. The van der Waals surface area contributed by atoms with Crippen LogP contribution in [0, 0.1) is 0 Å². The molecule has 3 N–H and O–H groups in total. The van der Waals surface area contributed by atoms with E-state index in [-0.39, 0.29) is 13.2 Å². The molecule has 0 aliphatic carbocycles. The summed E-state index contributed by atoms with van der Waals surface area (Å²) in [5, 5.41) is 21.0. The highest BCUT2D eigenvalue weighted by atomic mass is 16.5. The molecule has 5 nitrogen and oxygen atoms in total. The number of ether oxygens (including phenoxy) is 2. The molecule has 17 heavy (non-hydrogen) atoms. The summed E-state index contributed by atoms with van der Waals surface area (Å²) in [6.45, 7) is 0.402. The summed E-state index contributed by atoms with van der Waals surface area (Å²) < 4.78 is 10.6. The van der Waals surface area contributed by atoms with Crippen LogP contribution in [-0.4, -0.2) is 43.7 Å². The van der Waals surface area contributed by atoms with E-state index in [1.54, 1.807) is 19.2 Å². The minimum absolute atomic E-state index is 0.0690. The molecular weight excluding hydrogens is 222 g/mol. The fraction of sp³-hybridized carbons (Fsp3) is 0.500. The zero-order chi connectivity index (χ0) is 12.7. The number of aliphatic hydroxyl groups excluding tert-OH is 2. The van der Waals surface area contributed by atoms with Crippen LogP contribution >= 0.6 is 0 Å². The average Bonchev–Trinajstić information content (AvgIpc) is 2.37. The van der Waals surface area contributed by atoms with Crippen molar-refractivity contribution < 1.29 is 19.7 Å². The van der Waals surface area contributed by atoms with Crippen molar-refractivity contribution in [3.05, 3.63) is 23.8 Å². The van der Waals surface area contributed by atoms with Gasteiger partial charge < -0.3 is 25.0 Å². The van der Waals surface area contributed by atoms with Crippen LogP contribution in [-0.2, 0) is 6.54 Å². The maximum Gasteiger partial charge on any atom is 0.124 e. The Balaban J connectivity index is 2.75. The number of nitrogens with one attached hydrogen (secondary N) is 1. The molecule has 0 aliphatic rings. The van der Waals surface area contributed by atoms with E-state index < -0.39 is 6.10 Å². The van der Waals surface area contributed by atoms with Crippen LogP contribution < -0.4 is 14.8 Å². The molecule has 96 valence electrons. The van der Waals surface area contributed by atoms with Crippen LogP contribution in [0.2, 0.25) is 0 Å². The van der Waals surface area contributed by atoms with E-state index in [9.17, 15) is 5.11 Å². The first-order valence-corrected chi connectivity index (χ1v) is 5.44. The second-order valence-electron chi connectivity index (χ2n) is 3.65. The predicted octanol–water partition coefficient (Wildman–Crippen LogP) is 0.147. The first-order chi connectivity index (χ1) is 8.21. The number of benzene rings is 1. The van der Waals surface area contributed by atoms with Crippen LogP contribution in [0.1, 0.15) is 5.56 Å². The lowest BCUT2D eigenvalue weighted by Crippen LogP contribution is -2.22. The van der Waals surface area contributed by atoms with Crippen molar-refractivity contribution in [2.24, 2.45) is 0 Å². The van der Waals surface area contributed by atoms with Gasteiger partial charge in [0.05, 0.1) is 13.7 Å². The van der Waals surface area contributed by atoms with Crippen molar-refractivity contribution in [3.8, 4) is 11.5 Å². The Morgan fingerprint density at radius 2 is 2.18 bits per heavy atom. The molecule has 0 aliphatic heterocycles. The van der Waals surface area contributed by atoms with E-state index in [2.05, 4.69) is 5.32 Å². The minimum Gasteiger partial charge on any atom is -0.497 e. The van der Waals surface area contributed by atoms with E-state index in [1.165, 1.54) is 0 Å². The fourth-order valence-corrected chi connectivity index (χ4v) is 1.39. The van der Waals surface area contributed by atoms with Crippen molar-refractivity contribution >= 4 is 0 Å². The van der Waals surface area contributed by atoms with E-state index in [1.807, 2.05) is 13.1 Å². The van der Waals surface area contributed by atoms with E-state index in [0.717, 1.165) is 11.3 Å². The first-order valence-electron chi connectivity index (χ1n) is 5.44. The molecule has 1 unspecified atom stereocenters. The summed E-state index contributed by atoms with van der Waals surface area (Å²) in [7, 11) is 3.44. The monoisotopic (exact) mass is 241 g/mol. The molecule has 0 saturated carbocycles. The lowest BCUT2D eigenvalue weighted by molar-refractivity contribution is 0.0532. The second kappa shape index (κ2) is 7.11. The van der Waals surface area contributed by atoms with Crippen molar-refractivity contribution in [1.29, 1.82) is 0 Å². The van der Waals surface area contributed by atoms with Crippen molar-refractivity contribution in [3.63, 3.8) is 0 Å². The van der Waals surface area contributed by atoms with Gasteiger partial charge in [-0.05, 0) is 25.2 Å². The van der Waals surface area contributed by atoms with Gasteiger partial charge in [0.1, 0.15) is 24.2 Å². The molecule has 0 bridgehead atoms. The van der Waals surface area contributed by atoms with Crippen LogP contribution in [0.25, 0.3) is 0 Å². The molecule has 1 aromatic carbocycles. The Hall–Kier alpha value is -1.30. The summed E-state index contributed by atoms with van der Waals surface area (Å²) in [6.07, 6.45) is -0.862. The Bertz CT molecular complexity index is 343. The maximum absolute atomic E-state index is 9.23. The fourth-order valence-electron chi connectivity index (χ4n) is 1.39. The Labute approximate surface area is 101 Å². The maximum atomic E-state index is 9.23. The normalized spacial score (nSPS) is 12.2. The van der Waals surface area contributed by atoms with Gasteiger partial charge in [0.2, 0.25) is 0 Å². The van der Waals surface area contributed by atoms with Gasteiger partial charge in [-0.25, -0.2) is 0 Å². The van der Waals surface area contributed by atoms with Crippen LogP contribution in [0.5, 0.6) is 11.5 Å². The largest absolute Gasteiger partial charge is 0.497 e. The second-order valence-corrected chi connectivity index (χ2v) is 3.65. The Kier molecular flexibility index (Phi) is 5.76. The minimum atomic E-state index is -0.862. The van der Waals surface area contributed by atoms with Gasteiger partial charge in [-0.15, -0.1) is 0 Å². The van der Waals surface area contributed by atoms with E-state index >= 15 is 0 Å². The van der Waals surface area contributed by atoms with Gasteiger partial charge in [-0.1, -0.05) is 0 Å². The van der Waals surface area contributed by atoms with Gasteiger partial charge in [-0.2, -0.15) is 0 Å². The predicted molar refractivity (Wildman–Crippen MR) is 64.3 cm³/mol. The Morgan fingerprint density at radius 3 is 2.76 bits per heavy atom. The van der Waals surface area contributed by atoms with Gasteiger partial charge in [-0.3, -0.25) is 0 Å². The molecule has 0 aromatic heterocycles. The highest BCUT2D eigenvalue weighted by molar-refractivity contribution is 5.40. The molecule has 0 amide bonds. The molecule has 0 radical (unpaired) electrons. The molecule has 1 aromatic rings. The summed E-state index contributed by atoms with van der Waals surface area (Å²) in [5.41, 5.74) is 0.942. The van der Waals surface area contributed by atoms with Crippen molar-refractivity contribution in [2.45, 2.75) is 12.6 Å². The van der Waals surface area contributed by atoms with Crippen LogP contribution in [0.4, 0.5) is 0 Å². The highest BCUT2D eigenvalue weighted by Gasteiger charge is 2.08. The van der Waals surface area contributed by atoms with Gasteiger partial charge in [0, 0.05) is 12.1 Å². The molecular formula is C12H19NO4. The molecule has 0 spiro atoms. The quantitative estimate of drug-likeness (QED) is 0.633. The third-order valence-electron chi connectivity index (χ3n) is 2.28. The number of methoxy groups -OCH3 is 1. The third kappa shape index (κ3) is 4.22. The van der Waals surface area contributed by atoms with E-state index in [4.69, 9.17) is 14.6 Å². The molecule has 0 heterocycles. The number of hydrogen-bond donors (Lipinski definition) is 3. The summed E-state index contributed by atoms with van der Waals surface area (Å²) in [5.74, 6) is 1.43. The van der Waals surface area contributed by atoms with Gasteiger partial charge in [0.15, 0.2) is 0 Å². The van der Waals surface area contributed by atoms with Crippen molar-refractivity contribution in [1.82, 2.24) is 5.32 Å². The van der Waals surface area contributed by atoms with Gasteiger partial charge in [0.25, 0.3) is 0 Å². The average molecular weight is 241 g/mol. The third-order valence-corrected chi connectivity index (χ3v) is 2.28. The highest BCUT2D eigenvalue weighted by Crippen LogP contribution is 2.24. The summed E-state index contributed by atoms with van der Waals surface area (Å²) >= 11 is 0. The molecule has 1 rings (SSSR count). The smallest absolute Gasteiger partial charge is 0.124 e. The number of aliphatic hydroxyl groups is 2. The standard InChI is InChI=1S/C12H19NO4/c1-13-6-9-5-11(16-2)3-4-12(9)17-8-10(15)7-14/h3-5,10,13-15H,6-8H2,1-2H3. The van der Waals surface area contributed by atoms with Gasteiger partial charge >= 0.3 is 0 Å².